The first-order valence-electron chi connectivity index (χ1n) is 9.83. The van der Waals surface area contributed by atoms with Crippen LogP contribution >= 0.6 is 22.6 Å². The van der Waals surface area contributed by atoms with Crippen LogP contribution in [-0.2, 0) is 0 Å². The van der Waals surface area contributed by atoms with Crippen LogP contribution in [0.3, 0.4) is 0 Å². The summed E-state index contributed by atoms with van der Waals surface area (Å²) in [5.74, 6) is 0.778. The average Bonchev–Trinajstić information content (AvgIpc) is 2.73. The molecule has 2 N–H and O–H groups in total. The van der Waals surface area contributed by atoms with Crippen LogP contribution in [0, 0.1) is 17.4 Å². The van der Waals surface area contributed by atoms with Crippen molar-refractivity contribution in [3.05, 3.63) is 85.7 Å². The Morgan fingerprint density at radius 2 is 1.77 bits per heavy atom. The molecule has 0 saturated carbocycles. The molecule has 0 spiro atoms. The Labute approximate surface area is 193 Å². The van der Waals surface area contributed by atoms with Gasteiger partial charge in [0.2, 0.25) is 5.91 Å². The highest BCUT2D eigenvalue weighted by Crippen LogP contribution is 2.39. The van der Waals surface area contributed by atoms with Gasteiger partial charge in [0.1, 0.15) is 17.6 Å². The maximum Gasteiger partial charge on any atom is 0.248 e. The zero-order valence-corrected chi connectivity index (χ0v) is 19.3. The molecule has 2 heterocycles. The smallest absolute Gasteiger partial charge is 0.248 e. The Bertz CT molecular complexity index is 1150. The predicted molar refractivity (Wildman–Crippen MR) is 125 cm³/mol. The number of nitrogens with zero attached hydrogens (tertiary/aromatic N) is 1. The molecule has 1 aliphatic rings. The van der Waals surface area contributed by atoms with E-state index in [1.165, 1.54) is 0 Å². The van der Waals surface area contributed by atoms with Crippen LogP contribution in [0.1, 0.15) is 55.8 Å². The summed E-state index contributed by atoms with van der Waals surface area (Å²) in [5.41, 5.74) is 9.96. The molecule has 2 aromatic carbocycles. The molecule has 31 heavy (non-hydrogen) atoms. The number of fused-ring (bicyclic) bond motifs is 1. The molecule has 7 heteroatoms. The number of rotatable bonds is 5. The number of aromatic nitrogens is 1. The number of benzene rings is 2. The number of halogens is 1. The molecule has 0 radical (unpaired) electrons. The first kappa shape index (κ1) is 21.3. The van der Waals surface area contributed by atoms with Crippen molar-refractivity contribution < 1.29 is 19.1 Å². The molecule has 0 bridgehead atoms. The van der Waals surface area contributed by atoms with E-state index in [1.807, 2.05) is 38.1 Å². The van der Waals surface area contributed by atoms with Gasteiger partial charge in [0.05, 0.1) is 15.7 Å². The molecule has 3 aromatic rings. The van der Waals surface area contributed by atoms with E-state index in [4.69, 9.17) is 15.2 Å². The summed E-state index contributed by atoms with van der Waals surface area (Å²) in [6.45, 7) is 4.24. The Morgan fingerprint density at radius 1 is 1.10 bits per heavy atom. The average molecular weight is 528 g/mol. The lowest BCUT2D eigenvalue weighted by atomic mass is 9.99. The molecule has 1 amide bonds. The third kappa shape index (κ3) is 4.41. The van der Waals surface area contributed by atoms with E-state index in [9.17, 15) is 9.59 Å². The molecule has 1 unspecified atom stereocenters. The lowest BCUT2D eigenvalue weighted by Crippen LogP contribution is -2.17. The Morgan fingerprint density at radius 3 is 2.42 bits per heavy atom. The number of ether oxygens (including phenoxy) is 2. The van der Waals surface area contributed by atoms with Gasteiger partial charge in [0.25, 0.3) is 0 Å². The van der Waals surface area contributed by atoms with E-state index in [0.717, 1.165) is 26.1 Å². The number of amides is 1. The number of Topliss-reactive ketones (excluding diaryl/α,β-unsaturated/α-hetero) is 1. The minimum atomic E-state index is -0.481. The van der Waals surface area contributed by atoms with Crippen LogP contribution in [0.4, 0.5) is 0 Å². The highest BCUT2D eigenvalue weighted by Gasteiger charge is 2.25. The van der Waals surface area contributed by atoms with Crippen molar-refractivity contribution in [2.45, 2.75) is 26.4 Å². The van der Waals surface area contributed by atoms with E-state index in [1.54, 1.807) is 24.3 Å². The van der Waals surface area contributed by atoms with Crippen molar-refractivity contribution in [2.24, 2.45) is 5.73 Å². The first-order chi connectivity index (χ1) is 14.8. The Kier molecular flexibility index (Phi) is 5.95. The summed E-state index contributed by atoms with van der Waals surface area (Å²) in [6.07, 6.45) is -0.0681. The summed E-state index contributed by atoms with van der Waals surface area (Å²) in [4.78, 5) is 28.2. The minimum absolute atomic E-state index is 0.0738. The normalized spacial score (nSPS) is 13.8. The fraction of sp³-hybridized carbons (Fsp3) is 0.208. The molecule has 1 atom stereocenters. The maximum atomic E-state index is 12.2. The van der Waals surface area contributed by atoms with Crippen molar-refractivity contribution in [2.75, 3.05) is 6.61 Å². The van der Waals surface area contributed by atoms with Gasteiger partial charge in [0.15, 0.2) is 5.78 Å². The van der Waals surface area contributed by atoms with Gasteiger partial charge in [-0.3, -0.25) is 14.6 Å². The summed E-state index contributed by atoms with van der Waals surface area (Å²) in [7, 11) is 0. The zero-order chi connectivity index (χ0) is 22.1. The standard InChI is InChI=1S/C24H21IN2O4/c1-13-11-17(12-14(2)27-13)22(15-3-5-16(6-4-15)24(26)29)31-20-8-7-18-19(28)9-10-30-23(18)21(20)25/h3-8,11-12,22H,9-10H2,1-2H3,(H2,26,29). The minimum Gasteiger partial charge on any atom is -0.491 e. The molecular formula is C24H21IN2O4. The highest BCUT2D eigenvalue weighted by atomic mass is 127. The van der Waals surface area contributed by atoms with Crippen LogP contribution < -0.4 is 15.2 Å². The summed E-state index contributed by atoms with van der Waals surface area (Å²) >= 11 is 2.16. The molecule has 158 valence electrons. The molecule has 1 aliphatic heterocycles. The lowest BCUT2D eigenvalue weighted by Gasteiger charge is -2.24. The number of hydrogen-bond donors (Lipinski definition) is 1. The third-order valence-corrected chi connectivity index (χ3v) is 6.11. The molecular weight excluding hydrogens is 507 g/mol. The third-order valence-electron chi connectivity index (χ3n) is 5.09. The topological polar surface area (TPSA) is 91.5 Å². The number of carbonyl (C=O) groups excluding carboxylic acids is 2. The fourth-order valence-electron chi connectivity index (χ4n) is 3.67. The van der Waals surface area contributed by atoms with Gasteiger partial charge in [-0.25, -0.2) is 0 Å². The van der Waals surface area contributed by atoms with Crippen molar-refractivity contribution in [3.63, 3.8) is 0 Å². The summed E-state index contributed by atoms with van der Waals surface area (Å²) in [5, 5.41) is 0. The largest absolute Gasteiger partial charge is 0.491 e. The van der Waals surface area contributed by atoms with E-state index in [-0.39, 0.29) is 5.78 Å². The molecule has 0 aliphatic carbocycles. The Hall–Kier alpha value is -2.94. The molecule has 4 rings (SSSR count). The van der Waals surface area contributed by atoms with E-state index in [0.29, 0.717) is 35.7 Å². The van der Waals surface area contributed by atoms with E-state index >= 15 is 0 Å². The fourth-order valence-corrected chi connectivity index (χ4v) is 4.42. The quantitative estimate of drug-likeness (QED) is 0.492. The lowest BCUT2D eigenvalue weighted by molar-refractivity contribution is 0.0931. The van der Waals surface area contributed by atoms with Gasteiger partial charge in [-0.2, -0.15) is 0 Å². The van der Waals surface area contributed by atoms with E-state index in [2.05, 4.69) is 27.6 Å². The second kappa shape index (κ2) is 8.66. The second-order valence-corrected chi connectivity index (χ2v) is 8.52. The number of nitrogens with two attached hydrogens (primary N) is 1. The van der Waals surface area contributed by atoms with Gasteiger partial charge < -0.3 is 15.2 Å². The van der Waals surface area contributed by atoms with E-state index < -0.39 is 12.0 Å². The summed E-state index contributed by atoms with van der Waals surface area (Å²) < 4.78 is 13.0. The maximum absolute atomic E-state index is 12.2. The van der Waals surface area contributed by atoms with Crippen LogP contribution in [0.5, 0.6) is 11.5 Å². The van der Waals surface area contributed by atoms with Gasteiger partial charge in [-0.05, 0) is 78.4 Å². The van der Waals surface area contributed by atoms with Crippen molar-refractivity contribution in [1.29, 1.82) is 0 Å². The van der Waals surface area contributed by atoms with Crippen molar-refractivity contribution >= 4 is 34.3 Å². The number of carbonyl (C=O) groups is 2. The SMILES string of the molecule is Cc1cc(C(Oc2ccc3c(c2I)OCCC3=O)c2ccc(C(N)=O)cc2)cc(C)n1. The first-order valence-corrected chi connectivity index (χ1v) is 10.9. The zero-order valence-electron chi connectivity index (χ0n) is 17.1. The van der Waals surface area contributed by atoms with Crippen molar-refractivity contribution in [1.82, 2.24) is 4.98 Å². The number of ketones is 1. The van der Waals surface area contributed by atoms with Gasteiger partial charge in [0, 0.05) is 28.9 Å². The number of hydrogen-bond acceptors (Lipinski definition) is 5. The van der Waals surface area contributed by atoms with Crippen LogP contribution in [0.25, 0.3) is 0 Å². The molecule has 0 fully saturated rings. The van der Waals surface area contributed by atoms with Crippen LogP contribution in [0.2, 0.25) is 0 Å². The van der Waals surface area contributed by atoms with Crippen LogP contribution in [0.15, 0.2) is 48.5 Å². The second-order valence-electron chi connectivity index (χ2n) is 7.44. The highest BCUT2D eigenvalue weighted by molar-refractivity contribution is 14.1. The number of pyridine rings is 1. The number of primary amides is 1. The molecule has 1 aromatic heterocycles. The van der Waals surface area contributed by atoms with Gasteiger partial charge in [-0.15, -0.1) is 0 Å². The van der Waals surface area contributed by atoms with Crippen molar-refractivity contribution in [3.8, 4) is 11.5 Å². The van der Waals surface area contributed by atoms with Crippen LogP contribution in [-0.4, -0.2) is 23.3 Å². The van der Waals surface area contributed by atoms with Gasteiger partial charge >= 0.3 is 0 Å². The summed E-state index contributed by atoms with van der Waals surface area (Å²) in [6, 6.07) is 14.6. The monoisotopic (exact) mass is 528 g/mol. The molecule has 0 saturated heterocycles. The number of aryl methyl sites for hydroxylation is 2. The predicted octanol–water partition coefficient (Wildman–Crippen LogP) is 4.54. The van der Waals surface area contributed by atoms with Gasteiger partial charge in [-0.1, -0.05) is 12.1 Å². The Balaban J connectivity index is 1.78. The molecule has 6 nitrogen and oxygen atoms in total.